The zero-order chi connectivity index (χ0) is 100. The van der Waals surface area contributed by atoms with Gasteiger partial charge in [0.05, 0.1) is 0 Å². The first-order chi connectivity index (χ1) is 70.4. The number of fused-ring (bicyclic) bond motifs is 36. The van der Waals surface area contributed by atoms with E-state index in [1.54, 1.807) is 0 Å². The molecule has 147 heavy (non-hydrogen) atoms. The van der Waals surface area contributed by atoms with Crippen LogP contribution >= 0.6 is 0 Å². The highest BCUT2D eigenvalue weighted by Gasteiger charge is 2.53. The van der Waals surface area contributed by atoms with Gasteiger partial charge in [0.2, 0.25) is 20.1 Å². The zero-order valence-corrected chi connectivity index (χ0v) is 88.4. The summed E-state index contributed by atoms with van der Waals surface area (Å²) < 4.78 is 0. The fourth-order valence-electron chi connectivity index (χ4n) is 32.2. The Morgan fingerprint density at radius 1 is 0.156 bits per heavy atom. The van der Waals surface area contributed by atoms with Crippen LogP contribution in [0.4, 0.5) is 0 Å². The Morgan fingerprint density at radius 3 is 0.653 bits per heavy atom. The summed E-state index contributed by atoms with van der Waals surface area (Å²) >= 11 is 0. The second-order valence-corrected chi connectivity index (χ2v) is 51.7. The van der Waals surface area contributed by atoms with Crippen molar-refractivity contribution in [2.75, 3.05) is 0 Å². The standard InChI is InChI=1S/3C48H39B/c1-46(2,3)26-22-35-29-16-12-18-31-41(29)39(24-33-27-14-8-10-20-37(27)47(4,5)43(31)33)49-40-25-34-28-15-9-11-21-38(28)48(6,7)44(34)32-19-13-17-30(42(32)40)36(23-26)45(35)49;1-46(2,3)26-22-35-31-24-33-27-14-8-10-18-37(27)47(4,5)43(33)29-16-12-20-39(41(29)31)49-40-21-13-17-30-42(40)32(36(23-26)45(35)49)25-34-28-15-9-11-19-38(28)48(6,7)44(30)34;1-46(2,3)26-22-33-31-24-37-41(27-14-8-10-18-35(27)47(37,4)5)29-16-12-20-39(43(29)31)49-40-21-13-17-30-42-28-15-9-11-19-36(28)48(6,7)38(42)25-32(44(30)40)34(23-26)45(33)49/h3*8-25H,1-7H3. The molecule has 6 heterocycles. The van der Waals surface area contributed by atoms with Crippen LogP contribution in [0.25, 0.3) is 198 Å². The van der Waals surface area contributed by atoms with Gasteiger partial charge < -0.3 is 0 Å². The summed E-state index contributed by atoms with van der Waals surface area (Å²) in [5.41, 5.74) is 68.4. The van der Waals surface area contributed by atoms with Crippen molar-refractivity contribution >= 4 is 134 Å². The van der Waals surface area contributed by atoms with Crippen LogP contribution in [0.5, 0.6) is 0 Å². The van der Waals surface area contributed by atoms with Gasteiger partial charge in [0, 0.05) is 32.5 Å². The Morgan fingerprint density at radius 2 is 0.367 bits per heavy atom. The van der Waals surface area contributed by atoms with Crippen molar-refractivity contribution < 1.29 is 0 Å². The van der Waals surface area contributed by atoms with Crippen LogP contribution < -0.4 is 49.2 Å². The monoisotopic (exact) mass is 1880 g/mol. The van der Waals surface area contributed by atoms with Gasteiger partial charge >= 0.3 is 0 Å². The maximum atomic E-state index is 2.62. The van der Waals surface area contributed by atoms with Crippen molar-refractivity contribution in [2.45, 2.75) is 194 Å². The van der Waals surface area contributed by atoms with Crippen molar-refractivity contribution in [3.8, 4) is 134 Å². The lowest BCUT2D eigenvalue weighted by Gasteiger charge is -2.37. The molecule has 0 saturated carbocycles. The topological polar surface area (TPSA) is 0 Å². The van der Waals surface area contributed by atoms with Crippen LogP contribution in [0.15, 0.2) is 328 Å². The molecule has 0 nitrogen and oxygen atoms in total. The number of hydrogen-bond acceptors (Lipinski definition) is 0. The molecule has 702 valence electrons. The van der Waals surface area contributed by atoms with Gasteiger partial charge in [-0.3, -0.25) is 0 Å². The van der Waals surface area contributed by atoms with Crippen molar-refractivity contribution in [3.05, 3.63) is 411 Å². The second kappa shape index (κ2) is 28.0. The molecule has 0 fully saturated rings. The molecule has 33 rings (SSSR count). The van der Waals surface area contributed by atoms with E-state index in [0.29, 0.717) is 0 Å². The first-order valence-electron chi connectivity index (χ1n) is 54.2. The van der Waals surface area contributed by atoms with E-state index in [-0.39, 0.29) is 68.9 Å². The molecule has 0 amide bonds. The zero-order valence-electron chi connectivity index (χ0n) is 88.4. The van der Waals surface area contributed by atoms with E-state index in [4.69, 9.17) is 0 Å². The van der Waals surface area contributed by atoms with E-state index >= 15 is 0 Å². The molecule has 0 aromatic heterocycles. The minimum atomic E-state index is -0.0724. The first-order valence-corrected chi connectivity index (χ1v) is 54.2. The Kier molecular flexibility index (Phi) is 16.5. The predicted octanol–water partition coefficient (Wildman–Crippen LogP) is 31.1. The third kappa shape index (κ3) is 10.7. The molecule has 0 spiro atoms. The minimum absolute atomic E-state index is 0.00379. The fraction of sp³-hybridized carbons (Fsp3) is 0.208. The van der Waals surface area contributed by atoms with E-state index in [0.717, 1.165) is 0 Å². The molecule has 6 aliphatic heterocycles. The number of benzene rings is 21. The Hall–Kier alpha value is -14.6. The fourth-order valence-corrected chi connectivity index (χ4v) is 32.2. The molecule has 0 atom stereocenters. The maximum absolute atomic E-state index is 2.62. The summed E-state index contributed by atoms with van der Waals surface area (Å²) in [5.74, 6) is 0. The molecule has 0 unspecified atom stereocenters. The molecule has 6 aliphatic carbocycles. The summed E-state index contributed by atoms with van der Waals surface area (Å²) in [7, 11) is 0. The van der Waals surface area contributed by atoms with Gasteiger partial charge in [-0.25, -0.2) is 0 Å². The smallest absolute Gasteiger partial charge is 0.0663 e. The Bertz CT molecular complexity index is 9330. The molecular weight excluding hydrogens is 1760 g/mol. The lowest BCUT2D eigenvalue weighted by molar-refractivity contribution is 0.590. The van der Waals surface area contributed by atoms with Crippen LogP contribution in [0.1, 0.15) is 229 Å². The molecule has 0 N–H and O–H groups in total. The highest BCUT2D eigenvalue weighted by Crippen LogP contribution is 2.63. The molecule has 0 saturated heterocycles. The average molecular weight is 1880 g/mol. The van der Waals surface area contributed by atoms with E-state index in [2.05, 4.69) is 473 Å². The molecular formula is C144H117B3. The highest BCUT2D eigenvalue weighted by molar-refractivity contribution is 7.03. The summed E-state index contributed by atoms with van der Waals surface area (Å²) in [4.78, 5) is 0. The van der Waals surface area contributed by atoms with Gasteiger partial charge in [0.15, 0.2) is 0 Å². The number of rotatable bonds is 0. The third-order valence-corrected chi connectivity index (χ3v) is 38.9. The summed E-state index contributed by atoms with van der Waals surface area (Å²) in [6.07, 6.45) is 0. The van der Waals surface area contributed by atoms with Crippen LogP contribution in [0.3, 0.4) is 0 Å². The highest BCUT2D eigenvalue weighted by atomic mass is 14.5. The van der Waals surface area contributed by atoms with Crippen LogP contribution in [0, 0.1) is 0 Å². The molecule has 12 aliphatic rings. The summed E-state index contributed by atoms with van der Waals surface area (Å²) in [6, 6.07) is 129. The van der Waals surface area contributed by atoms with Crippen LogP contribution in [-0.2, 0) is 48.7 Å². The molecule has 0 radical (unpaired) electrons. The average Bonchev–Trinajstić information content (AvgIpc) is 1.66. The normalized spacial score (nSPS) is 16.3. The van der Waals surface area contributed by atoms with Gasteiger partial charge in [-0.1, -0.05) is 498 Å². The first kappa shape index (κ1) is 86.7. The van der Waals surface area contributed by atoms with Crippen molar-refractivity contribution in [1.29, 1.82) is 0 Å². The third-order valence-electron chi connectivity index (χ3n) is 38.9. The predicted molar refractivity (Wildman–Crippen MR) is 632 cm³/mol. The van der Waals surface area contributed by atoms with Crippen LogP contribution in [-0.4, -0.2) is 20.1 Å². The van der Waals surface area contributed by atoms with E-state index in [9.17, 15) is 0 Å². The van der Waals surface area contributed by atoms with Gasteiger partial charge in [-0.15, -0.1) is 0 Å². The van der Waals surface area contributed by atoms with Crippen molar-refractivity contribution in [2.24, 2.45) is 0 Å². The molecule has 21 aromatic rings. The maximum Gasteiger partial charge on any atom is 0.244 e. The molecule has 21 aromatic carbocycles. The van der Waals surface area contributed by atoms with Gasteiger partial charge in [0.1, 0.15) is 0 Å². The Labute approximate surface area is 866 Å². The second-order valence-electron chi connectivity index (χ2n) is 51.7. The van der Waals surface area contributed by atoms with Gasteiger partial charge in [0.25, 0.3) is 0 Å². The lowest BCUT2D eigenvalue weighted by atomic mass is 9.30. The molecule has 3 heteroatoms. The van der Waals surface area contributed by atoms with Crippen molar-refractivity contribution in [1.82, 2.24) is 0 Å². The lowest BCUT2D eigenvalue weighted by Crippen LogP contribution is -2.57. The van der Waals surface area contributed by atoms with E-state index < -0.39 is 0 Å². The van der Waals surface area contributed by atoms with Gasteiger partial charge in [-0.05, 0) is 322 Å². The van der Waals surface area contributed by atoms with E-state index in [1.807, 2.05) is 0 Å². The summed E-state index contributed by atoms with van der Waals surface area (Å²) in [5, 5.41) is 17.2. The Balaban J connectivity index is 0.0000000999. The quantitative estimate of drug-likeness (QED) is 0.133. The SMILES string of the molecule is CC(C)(C)c1cc2c3c(c1)-c1cc4c(c5cccc(c15)B3c1cccc3c5c(cc-2c13)-c1ccccc1C5(C)C)C(C)(C)c1ccccc1-4.CC(C)(C)c1cc2c3c(c1)-c1cc4c(c5cccc(c15)B3c1cccc3c5c(cc-2c13)C(C)(C)c1ccccc1-5)-c1ccccc1C4(C)C.CC(C)(C)c1cc2c3c(c1)-c1cccc4c5c(cc(c14)B3c1cc3c(c4cccc-2c14)C(C)(C)c1ccccc1-3)-c1ccccc1C5(C)C. The van der Waals surface area contributed by atoms with Crippen LogP contribution in [0.2, 0.25) is 0 Å². The number of hydrogen-bond donors (Lipinski definition) is 0. The van der Waals surface area contributed by atoms with E-state index in [1.165, 1.54) is 331 Å². The largest absolute Gasteiger partial charge is 0.244 e. The summed E-state index contributed by atoms with van der Waals surface area (Å²) in [6.45, 7) is 51.0. The minimum Gasteiger partial charge on any atom is -0.0663 e. The van der Waals surface area contributed by atoms with Crippen molar-refractivity contribution in [3.63, 3.8) is 0 Å². The van der Waals surface area contributed by atoms with Gasteiger partial charge in [-0.2, -0.15) is 0 Å². The molecule has 0 bridgehead atoms.